The summed E-state index contributed by atoms with van der Waals surface area (Å²) in [6.45, 7) is 11.9. The smallest absolute Gasteiger partial charge is 0.317 e. The minimum absolute atomic E-state index is 0.0337. The summed E-state index contributed by atoms with van der Waals surface area (Å²) in [5, 5.41) is 3.09. The quantitative estimate of drug-likeness (QED) is 0.759. The van der Waals surface area contributed by atoms with Crippen LogP contribution in [0.1, 0.15) is 35.1 Å². The number of hydrogen-bond donors (Lipinski definition) is 1. The van der Waals surface area contributed by atoms with Crippen molar-refractivity contribution in [2.45, 2.75) is 40.0 Å². The van der Waals surface area contributed by atoms with Crippen molar-refractivity contribution in [3.05, 3.63) is 34.4 Å². The first-order valence-electron chi connectivity index (χ1n) is 10.2. The predicted octanol–water partition coefficient (Wildman–Crippen LogP) is 3.15. The number of piperidine rings is 1. The van der Waals surface area contributed by atoms with Gasteiger partial charge in [0.15, 0.2) is 0 Å². The van der Waals surface area contributed by atoms with Gasteiger partial charge in [-0.25, -0.2) is 4.79 Å². The molecule has 1 N–H and O–H groups in total. The van der Waals surface area contributed by atoms with Gasteiger partial charge in [0.25, 0.3) is 0 Å². The van der Waals surface area contributed by atoms with Crippen molar-refractivity contribution >= 4 is 6.03 Å². The second-order valence-corrected chi connectivity index (χ2v) is 8.04. The molecule has 1 atom stereocenters. The molecule has 1 fully saturated rings. The molecule has 1 aliphatic heterocycles. The van der Waals surface area contributed by atoms with Crippen LogP contribution < -0.4 is 5.32 Å². The summed E-state index contributed by atoms with van der Waals surface area (Å²) in [6, 6.07) is 4.47. The van der Waals surface area contributed by atoms with Gasteiger partial charge in [0.05, 0.1) is 6.61 Å². The molecule has 1 saturated heterocycles. The SMILES string of the molecule is COCCN1CCC[C@@H](CN(C)C(=O)NCCc2c(C)cc(C)cc2C)C1. The van der Waals surface area contributed by atoms with E-state index in [1.165, 1.54) is 35.1 Å². The van der Waals surface area contributed by atoms with Crippen LogP contribution in [0.5, 0.6) is 0 Å². The molecule has 5 nitrogen and oxygen atoms in total. The van der Waals surface area contributed by atoms with E-state index in [4.69, 9.17) is 4.74 Å². The molecule has 0 aliphatic carbocycles. The molecule has 0 saturated carbocycles. The van der Waals surface area contributed by atoms with Gasteiger partial charge in [-0.3, -0.25) is 0 Å². The lowest BCUT2D eigenvalue weighted by Gasteiger charge is -2.34. The summed E-state index contributed by atoms with van der Waals surface area (Å²) in [7, 11) is 3.66. The Labute approximate surface area is 165 Å². The predicted molar refractivity (Wildman–Crippen MR) is 111 cm³/mol. The number of nitrogens with one attached hydrogen (secondary N) is 1. The molecule has 27 heavy (non-hydrogen) atoms. The van der Waals surface area contributed by atoms with Crippen molar-refractivity contribution in [1.29, 1.82) is 0 Å². The minimum atomic E-state index is 0.0337. The van der Waals surface area contributed by atoms with Gasteiger partial charge >= 0.3 is 6.03 Å². The number of benzene rings is 1. The minimum Gasteiger partial charge on any atom is -0.383 e. The second-order valence-electron chi connectivity index (χ2n) is 8.04. The maximum atomic E-state index is 12.5. The van der Waals surface area contributed by atoms with Crippen LogP contribution in [0.15, 0.2) is 12.1 Å². The highest BCUT2D eigenvalue weighted by atomic mass is 16.5. The van der Waals surface area contributed by atoms with Gasteiger partial charge in [-0.15, -0.1) is 0 Å². The number of urea groups is 1. The molecule has 5 heteroatoms. The van der Waals surface area contributed by atoms with Crippen LogP contribution in [0.2, 0.25) is 0 Å². The first-order valence-corrected chi connectivity index (χ1v) is 10.2. The largest absolute Gasteiger partial charge is 0.383 e. The number of rotatable bonds is 8. The molecule has 1 heterocycles. The van der Waals surface area contributed by atoms with E-state index in [9.17, 15) is 4.79 Å². The Balaban J connectivity index is 1.75. The van der Waals surface area contributed by atoms with Crippen LogP contribution in [-0.2, 0) is 11.2 Å². The van der Waals surface area contributed by atoms with Crippen molar-refractivity contribution in [1.82, 2.24) is 15.1 Å². The fourth-order valence-corrected chi connectivity index (χ4v) is 4.23. The highest BCUT2D eigenvalue weighted by Gasteiger charge is 2.22. The van der Waals surface area contributed by atoms with Gasteiger partial charge in [0, 0.05) is 40.3 Å². The first kappa shape index (κ1) is 21.7. The van der Waals surface area contributed by atoms with Crippen molar-refractivity contribution in [3.63, 3.8) is 0 Å². The van der Waals surface area contributed by atoms with Crippen molar-refractivity contribution in [2.24, 2.45) is 5.92 Å². The summed E-state index contributed by atoms with van der Waals surface area (Å²) < 4.78 is 5.19. The third-order valence-electron chi connectivity index (χ3n) is 5.59. The molecule has 0 aromatic heterocycles. The van der Waals surface area contributed by atoms with E-state index >= 15 is 0 Å². The molecule has 0 unspecified atom stereocenters. The van der Waals surface area contributed by atoms with Crippen LogP contribution in [-0.4, -0.2) is 69.3 Å². The van der Waals surface area contributed by atoms with Gasteiger partial charge < -0.3 is 19.9 Å². The summed E-state index contributed by atoms with van der Waals surface area (Å²) in [5.74, 6) is 0.549. The lowest BCUT2D eigenvalue weighted by atomic mass is 9.97. The third kappa shape index (κ3) is 6.82. The van der Waals surface area contributed by atoms with Crippen LogP contribution in [0, 0.1) is 26.7 Å². The molecule has 2 rings (SSSR count). The van der Waals surface area contributed by atoms with Crippen LogP contribution in [0.25, 0.3) is 0 Å². The van der Waals surface area contributed by atoms with Crippen LogP contribution >= 0.6 is 0 Å². The molecule has 2 amide bonds. The summed E-state index contributed by atoms with van der Waals surface area (Å²) in [5.41, 5.74) is 5.27. The van der Waals surface area contributed by atoms with Crippen molar-refractivity contribution in [3.8, 4) is 0 Å². The standard InChI is InChI=1S/C22H37N3O2/c1-17-13-18(2)21(19(3)14-17)8-9-23-22(26)24(4)15-20-7-6-10-25(16-20)11-12-27-5/h13-14,20H,6-12,15-16H2,1-5H3,(H,23,26)/t20-/m0/s1. The maximum absolute atomic E-state index is 12.5. The molecule has 0 bridgehead atoms. The van der Waals surface area contributed by atoms with E-state index in [1.807, 2.05) is 11.9 Å². The number of carbonyl (C=O) groups is 1. The number of likely N-dealkylation sites (tertiary alicyclic amines) is 1. The number of hydrogen-bond acceptors (Lipinski definition) is 3. The third-order valence-corrected chi connectivity index (χ3v) is 5.59. The van der Waals surface area contributed by atoms with Gasteiger partial charge in [0.2, 0.25) is 0 Å². The molecule has 1 aromatic carbocycles. The summed E-state index contributed by atoms with van der Waals surface area (Å²) in [6.07, 6.45) is 3.28. The Hall–Kier alpha value is -1.59. The van der Waals surface area contributed by atoms with Crippen molar-refractivity contribution in [2.75, 3.05) is 53.5 Å². The number of nitrogens with zero attached hydrogens (tertiary/aromatic N) is 2. The Kier molecular flexibility index (Phi) is 8.58. The highest BCUT2D eigenvalue weighted by molar-refractivity contribution is 5.73. The average Bonchev–Trinajstić information content (AvgIpc) is 2.62. The lowest BCUT2D eigenvalue weighted by molar-refractivity contribution is 0.105. The first-order chi connectivity index (χ1) is 12.9. The van der Waals surface area contributed by atoms with E-state index in [0.717, 1.165) is 39.2 Å². The van der Waals surface area contributed by atoms with E-state index in [-0.39, 0.29) is 6.03 Å². The molecule has 1 aromatic rings. The van der Waals surface area contributed by atoms with Gasteiger partial charge in [-0.05, 0) is 69.2 Å². The zero-order valence-corrected chi connectivity index (χ0v) is 17.8. The molecular weight excluding hydrogens is 338 g/mol. The second kappa shape index (κ2) is 10.7. The molecule has 152 valence electrons. The molecular formula is C22H37N3O2. The number of ether oxygens (including phenoxy) is 1. The maximum Gasteiger partial charge on any atom is 0.317 e. The average molecular weight is 376 g/mol. The van der Waals surface area contributed by atoms with Crippen LogP contribution in [0.4, 0.5) is 4.79 Å². The number of aryl methyl sites for hydroxylation is 3. The van der Waals surface area contributed by atoms with Gasteiger partial charge in [-0.2, -0.15) is 0 Å². The monoisotopic (exact) mass is 375 g/mol. The molecule has 0 radical (unpaired) electrons. The Morgan fingerprint density at radius 2 is 2.00 bits per heavy atom. The Morgan fingerprint density at radius 1 is 1.30 bits per heavy atom. The number of amides is 2. The van der Waals surface area contributed by atoms with E-state index < -0.39 is 0 Å². The zero-order chi connectivity index (χ0) is 19.8. The fourth-order valence-electron chi connectivity index (χ4n) is 4.23. The zero-order valence-electron chi connectivity index (χ0n) is 17.8. The highest BCUT2D eigenvalue weighted by Crippen LogP contribution is 2.18. The number of methoxy groups -OCH3 is 1. The molecule has 1 aliphatic rings. The lowest BCUT2D eigenvalue weighted by Crippen LogP contribution is -2.45. The van der Waals surface area contributed by atoms with Gasteiger partial charge in [-0.1, -0.05) is 17.7 Å². The summed E-state index contributed by atoms with van der Waals surface area (Å²) in [4.78, 5) is 16.8. The van der Waals surface area contributed by atoms with Crippen LogP contribution in [0.3, 0.4) is 0 Å². The number of carbonyl (C=O) groups excluding carboxylic acids is 1. The molecule has 0 spiro atoms. The Bertz CT molecular complexity index is 595. The fraction of sp³-hybridized carbons (Fsp3) is 0.682. The van der Waals surface area contributed by atoms with E-state index in [0.29, 0.717) is 12.5 Å². The van der Waals surface area contributed by atoms with Crippen molar-refractivity contribution < 1.29 is 9.53 Å². The summed E-state index contributed by atoms with van der Waals surface area (Å²) >= 11 is 0. The Morgan fingerprint density at radius 3 is 2.67 bits per heavy atom. The normalized spacial score (nSPS) is 17.7. The van der Waals surface area contributed by atoms with E-state index in [2.05, 4.69) is 43.1 Å². The van der Waals surface area contributed by atoms with E-state index in [1.54, 1.807) is 7.11 Å². The van der Waals surface area contributed by atoms with Gasteiger partial charge in [0.1, 0.15) is 0 Å². The topological polar surface area (TPSA) is 44.8 Å².